The van der Waals surface area contributed by atoms with Crippen LogP contribution in [-0.2, 0) is 6.54 Å². The van der Waals surface area contributed by atoms with Crippen LogP contribution in [0.3, 0.4) is 0 Å². The van der Waals surface area contributed by atoms with E-state index in [1.165, 1.54) is 0 Å². The van der Waals surface area contributed by atoms with Crippen LogP contribution in [0.2, 0.25) is 0 Å². The van der Waals surface area contributed by atoms with E-state index in [1.54, 1.807) is 18.4 Å². The maximum atomic E-state index is 5.47. The largest absolute Gasteiger partial charge is 0.496 e. The molecule has 0 radical (unpaired) electrons. The lowest BCUT2D eigenvalue weighted by molar-refractivity contribution is 0.174. The lowest BCUT2D eigenvalue weighted by atomic mass is 10.2. The molecule has 0 aliphatic carbocycles. The van der Waals surface area contributed by atoms with Gasteiger partial charge in [0, 0.05) is 24.4 Å². The van der Waals surface area contributed by atoms with Crippen molar-refractivity contribution in [3.63, 3.8) is 0 Å². The fraction of sp³-hybridized carbons (Fsp3) is 0.182. The van der Waals surface area contributed by atoms with Crippen LogP contribution in [0.25, 0.3) is 16.3 Å². The number of ether oxygens (including phenoxy) is 3. The zero-order chi connectivity index (χ0) is 20.5. The third kappa shape index (κ3) is 3.46. The van der Waals surface area contributed by atoms with Crippen LogP contribution in [0, 0.1) is 6.92 Å². The van der Waals surface area contributed by atoms with Crippen molar-refractivity contribution in [2.75, 3.05) is 19.2 Å². The number of methoxy groups -OCH3 is 1. The number of nitrogens with zero attached hydrogens (tertiary/aromatic N) is 3. The van der Waals surface area contributed by atoms with Gasteiger partial charge in [-0.25, -0.2) is 9.67 Å². The number of benzene rings is 2. The Morgan fingerprint density at radius 1 is 1.13 bits per heavy atom. The van der Waals surface area contributed by atoms with Crippen LogP contribution >= 0.6 is 11.3 Å². The Labute approximate surface area is 177 Å². The summed E-state index contributed by atoms with van der Waals surface area (Å²) in [5.74, 6) is 2.36. The van der Waals surface area contributed by atoms with Crippen molar-refractivity contribution in [1.29, 1.82) is 0 Å². The monoisotopic (exact) mass is 420 g/mol. The van der Waals surface area contributed by atoms with Crippen molar-refractivity contribution in [2.45, 2.75) is 13.5 Å². The van der Waals surface area contributed by atoms with Crippen LogP contribution in [0.5, 0.6) is 17.2 Å². The van der Waals surface area contributed by atoms with Crippen LogP contribution in [0.15, 0.2) is 54.7 Å². The second kappa shape index (κ2) is 7.72. The highest BCUT2D eigenvalue weighted by atomic mass is 32.1. The molecule has 152 valence electrons. The van der Waals surface area contributed by atoms with Crippen molar-refractivity contribution in [1.82, 2.24) is 14.8 Å². The van der Waals surface area contributed by atoms with Crippen LogP contribution in [0.1, 0.15) is 11.3 Å². The average Bonchev–Trinajstić information content (AvgIpc) is 3.51. The molecule has 3 heterocycles. The fourth-order valence-corrected chi connectivity index (χ4v) is 4.27. The maximum absolute atomic E-state index is 5.47. The first kappa shape index (κ1) is 18.5. The molecule has 0 atom stereocenters. The average molecular weight is 420 g/mol. The number of hydrogen-bond donors (Lipinski definition) is 1. The molecule has 1 N–H and O–H groups in total. The molecular formula is C22H20N4O3S. The van der Waals surface area contributed by atoms with E-state index in [0.29, 0.717) is 6.54 Å². The molecule has 0 spiro atoms. The topological polar surface area (TPSA) is 70.4 Å². The molecule has 2 aromatic heterocycles. The number of thiazole rings is 1. The molecule has 0 saturated heterocycles. The van der Waals surface area contributed by atoms with Gasteiger partial charge < -0.3 is 19.5 Å². The van der Waals surface area contributed by atoms with Crippen LogP contribution in [-0.4, -0.2) is 28.7 Å². The highest BCUT2D eigenvalue weighted by molar-refractivity contribution is 7.19. The molecule has 1 aliphatic rings. The van der Waals surface area contributed by atoms with Gasteiger partial charge in [-0.2, -0.15) is 5.10 Å². The molecule has 0 fully saturated rings. The van der Waals surface area contributed by atoms with Gasteiger partial charge in [-0.1, -0.05) is 29.5 Å². The van der Waals surface area contributed by atoms with Gasteiger partial charge in [0.15, 0.2) is 16.6 Å². The number of nitrogens with one attached hydrogen (secondary N) is 1. The van der Waals surface area contributed by atoms with E-state index in [0.717, 1.165) is 49.9 Å². The Morgan fingerprint density at radius 3 is 2.90 bits per heavy atom. The van der Waals surface area contributed by atoms with E-state index in [2.05, 4.69) is 10.3 Å². The predicted octanol–water partition coefficient (Wildman–Crippen LogP) is 4.65. The summed E-state index contributed by atoms with van der Waals surface area (Å²) in [6, 6.07) is 15.7. The lowest BCUT2D eigenvalue weighted by Gasteiger charge is -2.08. The maximum Gasteiger partial charge on any atom is 0.231 e. The first-order valence-electron chi connectivity index (χ1n) is 9.50. The van der Waals surface area contributed by atoms with Crippen molar-refractivity contribution in [3.05, 3.63) is 66.0 Å². The van der Waals surface area contributed by atoms with Crippen molar-refractivity contribution in [3.8, 4) is 33.5 Å². The third-order valence-corrected chi connectivity index (χ3v) is 6.00. The molecule has 0 saturated carbocycles. The molecule has 1 aliphatic heterocycles. The van der Waals surface area contributed by atoms with Gasteiger partial charge in [-0.05, 0) is 31.2 Å². The van der Waals surface area contributed by atoms with Gasteiger partial charge in [-0.3, -0.25) is 0 Å². The molecule has 2 aromatic carbocycles. The fourth-order valence-electron chi connectivity index (χ4n) is 3.35. The third-order valence-electron chi connectivity index (χ3n) is 4.86. The summed E-state index contributed by atoms with van der Waals surface area (Å²) >= 11 is 1.59. The quantitative estimate of drug-likeness (QED) is 0.489. The highest BCUT2D eigenvalue weighted by Crippen LogP contribution is 2.35. The Kier molecular flexibility index (Phi) is 4.76. The Morgan fingerprint density at radius 2 is 2.00 bits per heavy atom. The summed E-state index contributed by atoms with van der Waals surface area (Å²) in [5, 5.41) is 8.99. The Balaban J connectivity index is 1.35. The van der Waals surface area contributed by atoms with Gasteiger partial charge >= 0.3 is 0 Å². The van der Waals surface area contributed by atoms with Gasteiger partial charge in [0.1, 0.15) is 11.4 Å². The minimum atomic E-state index is 0.258. The van der Waals surface area contributed by atoms with E-state index < -0.39 is 0 Å². The molecule has 7 nitrogen and oxygen atoms in total. The number of hydrogen-bond acceptors (Lipinski definition) is 7. The van der Waals surface area contributed by atoms with Gasteiger partial charge in [0.2, 0.25) is 6.79 Å². The zero-order valence-electron chi connectivity index (χ0n) is 16.6. The van der Waals surface area contributed by atoms with E-state index in [1.807, 2.05) is 66.3 Å². The minimum absolute atomic E-state index is 0.258. The predicted molar refractivity (Wildman–Crippen MR) is 116 cm³/mol. The number of rotatable bonds is 6. The summed E-state index contributed by atoms with van der Waals surface area (Å²) in [6.07, 6.45) is 1.94. The molecular weight excluding hydrogens is 400 g/mol. The second-order valence-corrected chi connectivity index (χ2v) is 7.78. The summed E-state index contributed by atoms with van der Waals surface area (Å²) in [4.78, 5) is 5.71. The first-order chi connectivity index (χ1) is 14.7. The van der Waals surface area contributed by atoms with Gasteiger partial charge in [0.05, 0.1) is 23.4 Å². The smallest absolute Gasteiger partial charge is 0.231 e. The van der Waals surface area contributed by atoms with Crippen molar-refractivity contribution >= 4 is 16.5 Å². The first-order valence-corrected chi connectivity index (χ1v) is 10.3. The molecule has 5 rings (SSSR count). The standard InChI is InChI=1S/C22H20N4O3S/c1-14-21(30-22(24-14)23-12-15-5-3-4-6-18(15)27-2)17-9-10-26(25-17)16-7-8-19-20(11-16)29-13-28-19/h3-11H,12-13H2,1-2H3,(H,23,24). The Hall–Kier alpha value is -3.52. The van der Waals surface area contributed by atoms with E-state index in [9.17, 15) is 0 Å². The molecule has 0 amide bonds. The Bertz CT molecular complexity index is 1200. The minimum Gasteiger partial charge on any atom is -0.496 e. The van der Waals surface area contributed by atoms with Gasteiger partial charge in [-0.15, -0.1) is 0 Å². The summed E-state index contributed by atoms with van der Waals surface area (Å²) < 4.78 is 18.1. The van der Waals surface area contributed by atoms with Gasteiger partial charge in [0.25, 0.3) is 0 Å². The number of anilines is 1. The lowest BCUT2D eigenvalue weighted by Crippen LogP contribution is -2.01. The zero-order valence-corrected chi connectivity index (χ0v) is 17.4. The number of para-hydroxylation sites is 1. The summed E-state index contributed by atoms with van der Waals surface area (Å²) in [6.45, 7) is 2.90. The molecule has 4 aromatic rings. The molecule has 8 heteroatoms. The van der Waals surface area contributed by atoms with E-state index in [-0.39, 0.29) is 6.79 Å². The van der Waals surface area contributed by atoms with Crippen molar-refractivity contribution < 1.29 is 14.2 Å². The van der Waals surface area contributed by atoms with Crippen molar-refractivity contribution in [2.24, 2.45) is 0 Å². The number of fused-ring (bicyclic) bond motifs is 1. The van der Waals surface area contributed by atoms with Crippen LogP contribution < -0.4 is 19.5 Å². The highest BCUT2D eigenvalue weighted by Gasteiger charge is 2.16. The SMILES string of the molecule is COc1ccccc1CNc1nc(C)c(-c2ccn(-c3ccc4c(c3)OCO4)n2)s1. The number of aromatic nitrogens is 3. The van der Waals surface area contributed by atoms with E-state index in [4.69, 9.17) is 19.3 Å². The summed E-state index contributed by atoms with van der Waals surface area (Å²) in [7, 11) is 1.68. The van der Waals surface area contributed by atoms with Crippen LogP contribution in [0.4, 0.5) is 5.13 Å². The second-order valence-electron chi connectivity index (χ2n) is 6.78. The number of aryl methyl sites for hydroxylation is 1. The molecule has 0 bridgehead atoms. The van der Waals surface area contributed by atoms with E-state index >= 15 is 0 Å². The molecule has 30 heavy (non-hydrogen) atoms. The normalized spacial score (nSPS) is 12.2. The summed E-state index contributed by atoms with van der Waals surface area (Å²) in [5.41, 5.74) is 3.83. The molecule has 0 unspecified atom stereocenters.